The summed E-state index contributed by atoms with van der Waals surface area (Å²) in [7, 11) is 0. The monoisotopic (exact) mass is 382 g/mol. The van der Waals surface area contributed by atoms with E-state index in [-0.39, 0.29) is 11.9 Å². The Hall–Kier alpha value is -4.00. The number of rotatable bonds is 3. The van der Waals surface area contributed by atoms with Crippen molar-refractivity contribution in [3.05, 3.63) is 67.8 Å². The average Bonchev–Trinajstić information content (AvgIpc) is 3.23. The van der Waals surface area contributed by atoms with Gasteiger partial charge in [-0.2, -0.15) is 0 Å². The van der Waals surface area contributed by atoms with E-state index in [1.807, 2.05) is 35.0 Å². The highest BCUT2D eigenvalue weighted by Crippen LogP contribution is 2.43. The van der Waals surface area contributed by atoms with E-state index in [9.17, 15) is 4.79 Å². The van der Waals surface area contributed by atoms with Crippen LogP contribution in [0.25, 0.3) is 38.6 Å². The van der Waals surface area contributed by atoms with Crippen molar-refractivity contribution in [3.8, 4) is 11.1 Å². The normalized spacial score (nSPS) is 15.6. The van der Waals surface area contributed by atoms with Gasteiger partial charge in [-0.1, -0.05) is 31.4 Å². The maximum absolute atomic E-state index is 11.9. The number of benzene rings is 1. The highest BCUT2D eigenvalue weighted by Gasteiger charge is 2.34. The van der Waals surface area contributed by atoms with Crippen LogP contribution in [0.5, 0.6) is 0 Å². The number of carbonyl (C=O) groups excluding carboxylic acids is 1. The van der Waals surface area contributed by atoms with Crippen molar-refractivity contribution in [1.82, 2.24) is 24.8 Å². The first-order chi connectivity index (χ1) is 14.1. The van der Waals surface area contributed by atoms with Gasteiger partial charge in [0.05, 0.1) is 22.6 Å². The first-order valence-corrected chi connectivity index (χ1v) is 9.18. The van der Waals surface area contributed by atoms with Crippen LogP contribution in [0, 0.1) is 0 Å². The molecule has 1 amide bonds. The summed E-state index contributed by atoms with van der Waals surface area (Å²) in [6, 6.07) is 9.76. The molecule has 4 aromatic rings. The molecule has 1 aliphatic rings. The molecule has 1 aliphatic heterocycles. The minimum Gasteiger partial charge on any atom is -0.383 e. The molecular formula is C22H18N6O. The molecule has 3 N–H and O–H groups in total. The van der Waals surface area contributed by atoms with Crippen molar-refractivity contribution < 1.29 is 4.79 Å². The zero-order valence-electron chi connectivity index (χ0n) is 15.6. The second-order valence-corrected chi connectivity index (χ2v) is 7.00. The number of para-hydroxylation sites is 1. The minimum absolute atomic E-state index is 0.241. The van der Waals surface area contributed by atoms with Gasteiger partial charge in [0, 0.05) is 29.3 Å². The lowest BCUT2D eigenvalue weighted by molar-refractivity contribution is -0.116. The predicted octanol–water partition coefficient (Wildman–Crippen LogP) is 2.93. The molecule has 0 saturated heterocycles. The number of fused-ring (bicyclic) bond motifs is 4. The fourth-order valence-corrected chi connectivity index (χ4v) is 4.01. The number of nitrogens with one attached hydrogen (secondary N) is 1. The van der Waals surface area contributed by atoms with Crippen LogP contribution in [0.4, 0.5) is 5.82 Å². The Morgan fingerprint density at radius 2 is 2.10 bits per heavy atom. The standard InChI is InChI=1S/C22H18N6O/c1-3-17(29)27-16-10-28-20(12(16)2)18(19-21(23)25-11-26-22(19)28)14-8-13-6-4-5-7-15(13)24-9-14/h3-9,11,16H,1-2,10H2,(H,27,29)(H2,23,25,26). The summed E-state index contributed by atoms with van der Waals surface area (Å²) >= 11 is 0. The Morgan fingerprint density at radius 1 is 1.28 bits per heavy atom. The van der Waals surface area contributed by atoms with Crippen molar-refractivity contribution in [3.63, 3.8) is 0 Å². The number of carbonyl (C=O) groups is 1. The van der Waals surface area contributed by atoms with E-state index in [0.29, 0.717) is 18.0 Å². The molecule has 7 nitrogen and oxygen atoms in total. The molecule has 142 valence electrons. The molecule has 7 heteroatoms. The largest absolute Gasteiger partial charge is 0.383 e. The number of pyridine rings is 1. The van der Waals surface area contributed by atoms with Gasteiger partial charge in [0.1, 0.15) is 17.8 Å². The molecule has 5 rings (SSSR count). The lowest BCUT2D eigenvalue weighted by atomic mass is 9.98. The van der Waals surface area contributed by atoms with E-state index in [0.717, 1.165) is 38.7 Å². The predicted molar refractivity (Wildman–Crippen MR) is 114 cm³/mol. The Kier molecular flexibility index (Phi) is 3.70. The van der Waals surface area contributed by atoms with Crippen LogP contribution in [0.3, 0.4) is 0 Å². The van der Waals surface area contributed by atoms with Crippen LogP contribution in [-0.2, 0) is 11.3 Å². The first-order valence-electron chi connectivity index (χ1n) is 9.18. The van der Waals surface area contributed by atoms with Gasteiger partial charge in [-0.25, -0.2) is 9.97 Å². The second-order valence-electron chi connectivity index (χ2n) is 7.00. The summed E-state index contributed by atoms with van der Waals surface area (Å²) in [4.78, 5) is 25.1. The van der Waals surface area contributed by atoms with Gasteiger partial charge in [0.2, 0.25) is 5.91 Å². The van der Waals surface area contributed by atoms with Crippen molar-refractivity contribution in [2.45, 2.75) is 12.6 Å². The second kappa shape index (κ2) is 6.27. The maximum atomic E-state index is 11.9. The topological polar surface area (TPSA) is 98.7 Å². The summed E-state index contributed by atoms with van der Waals surface area (Å²) in [5.74, 6) is 0.161. The Labute approximate surface area is 166 Å². The number of anilines is 1. The molecule has 1 aromatic carbocycles. The molecule has 0 saturated carbocycles. The van der Waals surface area contributed by atoms with Crippen molar-refractivity contribution in [2.24, 2.45) is 0 Å². The summed E-state index contributed by atoms with van der Waals surface area (Å²) in [5, 5.41) is 4.73. The molecule has 29 heavy (non-hydrogen) atoms. The lowest BCUT2D eigenvalue weighted by Crippen LogP contribution is -2.33. The Bertz CT molecular complexity index is 1340. The fraction of sp³-hybridized carbons (Fsp3) is 0.0909. The molecule has 0 fully saturated rings. The summed E-state index contributed by atoms with van der Waals surface area (Å²) in [6.07, 6.45) is 4.53. The number of aromatic nitrogens is 4. The average molecular weight is 382 g/mol. The highest BCUT2D eigenvalue weighted by molar-refractivity contribution is 6.08. The van der Waals surface area contributed by atoms with E-state index >= 15 is 0 Å². The summed E-state index contributed by atoms with van der Waals surface area (Å²) in [5.41, 5.74) is 11.3. The van der Waals surface area contributed by atoms with Crippen LogP contribution in [0.2, 0.25) is 0 Å². The lowest BCUT2D eigenvalue weighted by Gasteiger charge is -2.13. The smallest absolute Gasteiger partial charge is 0.243 e. The molecular weight excluding hydrogens is 364 g/mol. The molecule has 0 radical (unpaired) electrons. The molecule has 0 spiro atoms. The zero-order valence-corrected chi connectivity index (χ0v) is 15.6. The summed E-state index contributed by atoms with van der Waals surface area (Å²) in [6.45, 7) is 8.30. The molecule has 0 bridgehead atoms. The molecule has 3 aromatic heterocycles. The van der Waals surface area contributed by atoms with Crippen LogP contribution in [-0.4, -0.2) is 31.5 Å². The maximum Gasteiger partial charge on any atom is 0.243 e. The SMILES string of the molecule is C=CC(=O)NC1Cn2c(c(-c3cnc4ccccc4c3)c3c(N)ncnc32)C1=C. The number of hydrogen-bond acceptors (Lipinski definition) is 5. The van der Waals surface area contributed by atoms with Crippen LogP contribution in [0.1, 0.15) is 5.69 Å². The van der Waals surface area contributed by atoms with E-state index < -0.39 is 0 Å². The molecule has 0 aliphatic carbocycles. The third-order valence-electron chi connectivity index (χ3n) is 5.34. The Morgan fingerprint density at radius 3 is 2.93 bits per heavy atom. The fourth-order valence-electron chi connectivity index (χ4n) is 4.01. The third kappa shape index (κ3) is 2.51. The minimum atomic E-state index is -0.247. The van der Waals surface area contributed by atoms with Crippen LogP contribution < -0.4 is 11.1 Å². The van der Waals surface area contributed by atoms with E-state index in [1.165, 1.54) is 12.4 Å². The summed E-state index contributed by atoms with van der Waals surface area (Å²) < 4.78 is 2.04. The third-order valence-corrected chi connectivity index (χ3v) is 5.34. The highest BCUT2D eigenvalue weighted by atomic mass is 16.1. The number of nitrogens with two attached hydrogens (primary N) is 1. The van der Waals surface area contributed by atoms with E-state index in [4.69, 9.17) is 5.73 Å². The van der Waals surface area contributed by atoms with Crippen molar-refractivity contribution in [2.75, 3.05) is 5.73 Å². The van der Waals surface area contributed by atoms with E-state index in [1.54, 1.807) is 0 Å². The number of hydrogen-bond donors (Lipinski definition) is 2. The van der Waals surface area contributed by atoms with Gasteiger partial charge in [-0.15, -0.1) is 0 Å². The first kappa shape index (κ1) is 17.1. The van der Waals surface area contributed by atoms with Crippen molar-refractivity contribution >= 4 is 39.2 Å². The van der Waals surface area contributed by atoms with Crippen molar-refractivity contribution in [1.29, 1.82) is 0 Å². The van der Waals surface area contributed by atoms with Gasteiger partial charge in [-0.05, 0) is 23.8 Å². The van der Waals surface area contributed by atoms with Gasteiger partial charge < -0.3 is 15.6 Å². The van der Waals surface area contributed by atoms with Gasteiger partial charge in [0.25, 0.3) is 0 Å². The number of amides is 1. The molecule has 1 atom stereocenters. The molecule has 1 unspecified atom stereocenters. The number of nitrogen functional groups attached to an aromatic ring is 1. The van der Waals surface area contributed by atoms with Gasteiger partial charge in [-0.3, -0.25) is 9.78 Å². The number of nitrogens with zero attached hydrogens (tertiary/aromatic N) is 4. The quantitative estimate of drug-likeness (QED) is 0.531. The van der Waals surface area contributed by atoms with Gasteiger partial charge >= 0.3 is 0 Å². The zero-order chi connectivity index (χ0) is 20.1. The van der Waals surface area contributed by atoms with Crippen LogP contribution in [0.15, 0.2) is 62.1 Å². The van der Waals surface area contributed by atoms with Crippen LogP contribution >= 0.6 is 0 Å². The molecule has 4 heterocycles. The Balaban J connectivity index is 1.77. The van der Waals surface area contributed by atoms with Gasteiger partial charge in [0.15, 0.2) is 0 Å². The van der Waals surface area contributed by atoms with E-state index in [2.05, 4.69) is 39.5 Å².